The van der Waals surface area contributed by atoms with Crippen molar-refractivity contribution >= 4 is 0 Å². The zero-order valence-corrected chi connectivity index (χ0v) is 12.9. The minimum Gasteiger partial charge on any atom is -0.493 e. The third kappa shape index (κ3) is 3.14. The van der Waals surface area contributed by atoms with Crippen LogP contribution in [-0.2, 0) is 0 Å². The second kappa shape index (κ2) is 5.72. The van der Waals surface area contributed by atoms with Crippen molar-refractivity contribution in [3.05, 3.63) is 23.5 Å². The lowest BCUT2D eigenvalue weighted by Gasteiger charge is -2.49. The highest BCUT2D eigenvalue weighted by atomic mass is 16.5. The molecule has 3 heteroatoms. The molecule has 4 rings (SSSR count). The maximum atomic E-state index is 5.91. The van der Waals surface area contributed by atoms with Crippen molar-refractivity contribution in [1.29, 1.82) is 0 Å². The van der Waals surface area contributed by atoms with Gasteiger partial charge in [0.1, 0.15) is 5.75 Å². The lowest BCUT2D eigenvalue weighted by Crippen LogP contribution is -2.58. The van der Waals surface area contributed by atoms with Gasteiger partial charge in [-0.05, 0) is 39.0 Å². The standard InChI is InChI=1S/C17H27N2O/c1-14-12-17(13-15(2)18-14)20-11-3-7-19-8-4-16(5-9-19)6-10-19/h12-13,16H,3-11H2,1-2H3/q+1. The lowest BCUT2D eigenvalue weighted by atomic mass is 9.85. The molecule has 20 heavy (non-hydrogen) atoms. The first-order chi connectivity index (χ1) is 9.65. The molecule has 110 valence electrons. The Hall–Kier alpha value is -1.09. The highest BCUT2D eigenvalue weighted by Crippen LogP contribution is 2.33. The van der Waals surface area contributed by atoms with E-state index in [-0.39, 0.29) is 0 Å². The maximum absolute atomic E-state index is 5.91. The Labute approximate surface area is 122 Å². The van der Waals surface area contributed by atoms with Gasteiger partial charge in [0.15, 0.2) is 0 Å². The minimum absolute atomic E-state index is 0.840. The monoisotopic (exact) mass is 275 g/mol. The second-order valence-corrected chi connectivity index (χ2v) is 6.76. The number of pyridine rings is 1. The summed E-state index contributed by atoms with van der Waals surface area (Å²) in [5, 5.41) is 0. The molecule has 1 aromatic rings. The molecule has 3 aliphatic rings. The maximum Gasteiger partial charge on any atom is 0.122 e. The Balaban J connectivity index is 1.46. The quantitative estimate of drug-likeness (QED) is 0.608. The smallest absolute Gasteiger partial charge is 0.122 e. The van der Waals surface area contributed by atoms with Crippen LogP contribution in [0.2, 0.25) is 0 Å². The fourth-order valence-electron chi connectivity index (χ4n) is 3.94. The van der Waals surface area contributed by atoms with E-state index in [0.29, 0.717) is 0 Å². The van der Waals surface area contributed by atoms with Crippen molar-refractivity contribution < 1.29 is 9.22 Å². The Bertz CT molecular complexity index is 430. The molecular formula is C17H27N2O+. The van der Waals surface area contributed by atoms with E-state index in [0.717, 1.165) is 29.7 Å². The van der Waals surface area contributed by atoms with Gasteiger partial charge in [0.25, 0.3) is 0 Å². The SMILES string of the molecule is Cc1cc(OCCC[N+]23CCC(CC2)CC3)cc(C)n1. The predicted octanol–water partition coefficient (Wildman–Crippen LogP) is 3.10. The van der Waals surface area contributed by atoms with E-state index in [1.807, 2.05) is 26.0 Å². The van der Waals surface area contributed by atoms with Gasteiger partial charge in [0.05, 0.1) is 32.8 Å². The molecule has 0 aliphatic carbocycles. The van der Waals surface area contributed by atoms with E-state index in [2.05, 4.69) is 4.98 Å². The molecule has 0 N–H and O–H groups in total. The Morgan fingerprint density at radius 3 is 2.30 bits per heavy atom. The highest BCUT2D eigenvalue weighted by molar-refractivity contribution is 5.25. The molecule has 0 spiro atoms. The largest absolute Gasteiger partial charge is 0.493 e. The predicted molar refractivity (Wildman–Crippen MR) is 80.9 cm³/mol. The van der Waals surface area contributed by atoms with Crippen LogP contribution in [0, 0.1) is 19.8 Å². The van der Waals surface area contributed by atoms with E-state index < -0.39 is 0 Å². The van der Waals surface area contributed by atoms with Crippen LogP contribution in [0.3, 0.4) is 0 Å². The van der Waals surface area contributed by atoms with Crippen LogP contribution in [-0.4, -0.2) is 42.3 Å². The van der Waals surface area contributed by atoms with Crippen LogP contribution in [0.4, 0.5) is 0 Å². The summed E-state index contributed by atoms with van der Waals surface area (Å²) in [6.07, 6.45) is 5.56. The van der Waals surface area contributed by atoms with Crippen molar-refractivity contribution in [2.75, 3.05) is 32.8 Å². The molecule has 0 unspecified atom stereocenters. The van der Waals surface area contributed by atoms with Gasteiger partial charge in [-0.2, -0.15) is 0 Å². The van der Waals surface area contributed by atoms with Crippen molar-refractivity contribution in [1.82, 2.24) is 4.98 Å². The first-order valence-corrected chi connectivity index (χ1v) is 8.08. The number of aromatic nitrogens is 1. The van der Waals surface area contributed by atoms with Crippen LogP contribution in [0.5, 0.6) is 5.75 Å². The normalized spacial score (nSPS) is 28.6. The molecule has 0 aromatic carbocycles. The topological polar surface area (TPSA) is 22.1 Å². The lowest BCUT2D eigenvalue weighted by molar-refractivity contribution is -0.942. The van der Waals surface area contributed by atoms with Crippen LogP contribution in [0.25, 0.3) is 0 Å². The Morgan fingerprint density at radius 2 is 1.70 bits per heavy atom. The number of hydrogen-bond acceptors (Lipinski definition) is 2. The zero-order valence-electron chi connectivity index (χ0n) is 12.9. The molecule has 3 nitrogen and oxygen atoms in total. The van der Waals surface area contributed by atoms with E-state index in [1.54, 1.807) is 0 Å². The average molecular weight is 275 g/mol. The van der Waals surface area contributed by atoms with Gasteiger partial charge in [-0.3, -0.25) is 4.98 Å². The summed E-state index contributed by atoms with van der Waals surface area (Å²) in [5.41, 5.74) is 2.08. The Morgan fingerprint density at radius 1 is 1.10 bits per heavy atom. The van der Waals surface area contributed by atoms with Crippen molar-refractivity contribution in [3.8, 4) is 5.75 Å². The van der Waals surface area contributed by atoms with E-state index >= 15 is 0 Å². The molecule has 3 saturated heterocycles. The van der Waals surface area contributed by atoms with Gasteiger partial charge in [0, 0.05) is 29.9 Å². The molecular weight excluding hydrogens is 248 g/mol. The summed E-state index contributed by atoms with van der Waals surface area (Å²) < 4.78 is 7.28. The molecule has 2 bridgehead atoms. The second-order valence-electron chi connectivity index (χ2n) is 6.76. The van der Waals surface area contributed by atoms with Gasteiger partial charge in [0.2, 0.25) is 0 Å². The molecule has 1 aromatic heterocycles. The highest BCUT2D eigenvalue weighted by Gasteiger charge is 2.38. The van der Waals surface area contributed by atoms with Gasteiger partial charge >= 0.3 is 0 Å². The number of rotatable bonds is 5. The van der Waals surface area contributed by atoms with E-state index in [9.17, 15) is 0 Å². The van der Waals surface area contributed by atoms with Gasteiger partial charge in [-0.15, -0.1) is 0 Å². The summed E-state index contributed by atoms with van der Waals surface area (Å²) >= 11 is 0. The van der Waals surface area contributed by atoms with Crippen molar-refractivity contribution in [2.45, 2.75) is 39.5 Å². The van der Waals surface area contributed by atoms with E-state index in [4.69, 9.17) is 4.74 Å². The molecule has 0 radical (unpaired) electrons. The van der Waals surface area contributed by atoms with Crippen LogP contribution in [0.1, 0.15) is 37.1 Å². The first-order valence-electron chi connectivity index (χ1n) is 8.08. The number of nitrogens with zero attached hydrogens (tertiary/aromatic N) is 2. The van der Waals surface area contributed by atoms with Crippen molar-refractivity contribution in [3.63, 3.8) is 0 Å². The van der Waals surface area contributed by atoms with Gasteiger partial charge < -0.3 is 9.22 Å². The van der Waals surface area contributed by atoms with Gasteiger partial charge in [-0.1, -0.05) is 0 Å². The Kier molecular flexibility index (Phi) is 3.97. The molecule has 0 atom stereocenters. The number of fused-ring (bicyclic) bond motifs is 3. The molecule has 0 amide bonds. The zero-order chi connectivity index (χ0) is 14.0. The summed E-state index contributed by atoms with van der Waals surface area (Å²) in [7, 11) is 0. The van der Waals surface area contributed by atoms with Crippen LogP contribution in [0.15, 0.2) is 12.1 Å². The fraction of sp³-hybridized carbons (Fsp3) is 0.706. The van der Waals surface area contributed by atoms with Crippen molar-refractivity contribution in [2.24, 2.45) is 5.92 Å². The summed E-state index contributed by atoms with van der Waals surface area (Å²) in [5.74, 6) is 2.03. The minimum atomic E-state index is 0.840. The number of ether oxygens (including phenoxy) is 1. The van der Waals surface area contributed by atoms with Crippen LogP contribution >= 0.6 is 0 Å². The molecule has 4 heterocycles. The third-order valence-electron chi connectivity index (χ3n) is 5.14. The number of hydrogen-bond donors (Lipinski definition) is 0. The number of aryl methyl sites for hydroxylation is 2. The van der Waals surface area contributed by atoms with Gasteiger partial charge in [-0.25, -0.2) is 0 Å². The van der Waals surface area contributed by atoms with Crippen LogP contribution < -0.4 is 4.74 Å². The number of quaternary nitrogens is 1. The third-order valence-corrected chi connectivity index (χ3v) is 5.14. The first kappa shape index (κ1) is 13.9. The molecule has 0 saturated carbocycles. The number of piperidine rings is 3. The summed E-state index contributed by atoms with van der Waals surface area (Å²) in [6.45, 7) is 10.4. The van der Waals surface area contributed by atoms with E-state index in [1.165, 1.54) is 56.3 Å². The average Bonchev–Trinajstić information content (AvgIpc) is 2.45. The summed E-state index contributed by atoms with van der Waals surface area (Å²) in [6, 6.07) is 4.07. The fourth-order valence-corrected chi connectivity index (χ4v) is 3.94. The molecule has 3 aliphatic heterocycles. The molecule has 3 fully saturated rings. The summed E-state index contributed by atoms with van der Waals surface area (Å²) in [4.78, 5) is 4.38.